The highest BCUT2D eigenvalue weighted by Gasteiger charge is 2.06. The van der Waals surface area contributed by atoms with Crippen molar-refractivity contribution in [2.75, 3.05) is 0 Å². The standard InChI is InChI=1S/C8H8ClNO3/c9-6-1-2-7(11)5(3-6)4-8(12)10-13/h1-3,11,13H,4H2,(H,10,12). The van der Waals surface area contributed by atoms with Crippen LogP contribution in [0.25, 0.3) is 0 Å². The second kappa shape index (κ2) is 4.11. The lowest BCUT2D eigenvalue weighted by atomic mass is 10.1. The number of nitrogens with one attached hydrogen (secondary N) is 1. The molecular weight excluding hydrogens is 194 g/mol. The van der Waals surface area contributed by atoms with E-state index in [0.717, 1.165) is 0 Å². The van der Waals surface area contributed by atoms with E-state index in [-0.39, 0.29) is 12.2 Å². The van der Waals surface area contributed by atoms with Gasteiger partial charge in [-0.25, -0.2) is 5.48 Å². The van der Waals surface area contributed by atoms with Gasteiger partial charge >= 0.3 is 0 Å². The number of hydrogen-bond donors (Lipinski definition) is 3. The molecule has 5 heteroatoms. The molecule has 0 aliphatic carbocycles. The second-order valence-corrected chi connectivity index (χ2v) is 2.92. The molecule has 1 rings (SSSR count). The molecule has 0 spiro atoms. The van der Waals surface area contributed by atoms with E-state index >= 15 is 0 Å². The first-order valence-electron chi connectivity index (χ1n) is 3.54. The number of carbonyl (C=O) groups excluding carboxylic acids is 1. The molecule has 0 bridgehead atoms. The van der Waals surface area contributed by atoms with Crippen LogP contribution in [0.1, 0.15) is 5.56 Å². The number of amides is 1. The normalized spacial score (nSPS) is 9.69. The zero-order chi connectivity index (χ0) is 9.84. The Morgan fingerprint density at radius 1 is 1.54 bits per heavy atom. The van der Waals surface area contributed by atoms with Gasteiger partial charge in [-0.2, -0.15) is 0 Å². The van der Waals surface area contributed by atoms with Gasteiger partial charge in [-0.15, -0.1) is 0 Å². The quantitative estimate of drug-likeness (QED) is 0.496. The number of aromatic hydroxyl groups is 1. The van der Waals surface area contributed by atoms with Gasteiger partial charge in [-0.1, -0.05) is 11.6 Å². The minimum atomic E-state index is -0.599. The summed E-state index contributed by atoms with van der Waals surface area (Å²) in [5.74, 6) is -0.620. The maximum Gasteiger partial charge on any atom is 0.247 e. The van der Waals surface area contributed by atoms with E-state index in [2.05, 4.69) is 0 Å². The Morgan fingerprint density at radius 3 is 2.85 bits per heavy atom. The summed E-state index contributed by atoms with van der Waals surface area (Å²) in [6, 6.07) is 4.37. The van der Waals surface area contributed by atoms with Gasteiger partial charge in [-0.3, -0.25) is 10.0 Å². The molecule has 1 aromatic carbocycles. The molecule has 3 N–H and O–H groups in total. The van der Waals surface area contributed by atoms with E-state index in [1.807, 2.05) is 0 Å². The largest absolute Gasteiger partial charge is 0.508 e. The molecule has 1 amide bonds. The molecule has 13 heavy (non-hydrogen) atoms. The minimum Gasteiger partial charge on any atom is -0.508 e. The molecule has 4 nitrogen and oxygen atoms in total. The fourth-order valence-electron chi connectivity index (χ4n) is 0.908. The van der Waals surface area contributed by atoms with Crippen molar-refractivity contribution in [2.45, 2.75) is 6.42 Å². The third-order valence-corrected chi connectivity index (χ3v) is 1.75. The third-order valence-electron chi connectivity index (χ3n) is 1.52. The van der Waals surface area contributed by atoms with Crippen LogP contribution >= 0.6 is 11.6 Å². The zero-order valence-electron chi connectivity index (χ0n) is 6.62. The second-order valence-electron chi connectivity index (χ2n) is 2.48. The molecule has 0 aliphatic heterocycles. The molecule has 0 unspecified atom stereocenters. The molecule has 0 saturated carbocycles. The fourth-order valence-corrected chi connectivity index (χ4v) is 1.10. The first-order chi connectivity index (χ1) is 6.13. The van der Waals surface area contributed by atoms with E-state index in [1.54, 1.807) is 0 Å². The Bertz CT molecular complexity index is 327. The predicted molar refractivity (Wildman–Crippen MR) is 46.8 cm³/mol. The van der Waals surface area contributed by atoms with E-state index in [4.69, 9.17) is 16.8 Å². The maximum atomic E-state index is 10.7. The zero-order valence-corrected chi connectivity index (χ0v) is 7.38. The number of phenols is 1. The number of carbonyl (C=O) groups is 1. The van der Waals surface area contributed by atoms with Crippen molar-refractivity contribution >= 4 is 17.5 Å². The summed E-state index contributed by atoms with van der Waals surface area (Å²) in [4.78, 5) is 10.7. The molecule has 0 atom stereocenters. The van der Waals surface area contributed by atoms with Gasteiger partial charge in [0.05, 0.1) is 6.42 Å². The number of hydroxylamine groups is 1. The highest BCUT2D eigenvalue weighted by molar-refractivity contribution is 6.30. The molecule has 0 radical (unpaired) electrons. The average Bonchev–Trinajstić information content (AvgIpc) is 2.11. The van der Waals surface area contributed by atoms with Crippen LogP contribution in [0.3, 0.4) is 0 Å². The van der Waals surface area contributed by atoms with Gasteiger partial charge < -0.3 is 5.11 Å². The lowest BCUT2D eigenvalue weighted by Gasteiger charge is -2.02. The van der Waals surface area contributed by atoms with Crippen molar-refractivity contribution in [1.82, 2.24) is 5.48 Å². The van der Waals surface area contributed by atoms with Crippen molar-refractivity contribution in [3.05, 3.63) is 28.8 Å². The Morgan fingerprint density at radius 2 is 2.23 bits per heavy atom. The van der Waals surface area contributed by atoms with E-state index in [9.17, 15) is 9.90 Å². The highest BCUT2D eigenvalue weighted by Crippen LogP contribution is 2.21. The lowest BCUT2D eigenvalue weighted by molar-refractivity contribution is -0.128. The molecule has 0 fully saturated rings. The molecule has 70 valence electrons. The van der Waals surface area contributed by atoms with Crippen LogP contribution in [-0.4, -0.2) is 16.2 Å². The van der Waals surface area contributed by atoms with Gasteiger partial charge in [0, 0.05) is 10.6 Å². The van der Waals surface area contributed by atoms with Crippen molar-refractivity contribution in [1.29, 1.82) is 0 Å². The van der Waals surface area contributed by atoms with Gasteiger partial charge in [0.25, 0.3) is 0 Å². The van der Waals surface area contributed by atoms with Crippen molar-refractivity contribution in [3.63, 3.8) is 0 Å². The smallest absolute Gasteiger partial charge is 0.247 e. The fraction of sp³-hybridized carbons (Fsp3) is 0.125. The summed E-state index contributed by atoms with van der Waals surface area (Å²) in [5, 5.41) is 17.9. The number of rotatable bonds is 2. The van der Waals surface area contributed by atoms with Crippen LogP contribution in [0, 0.1) is 0 Å². The summed E-state index contributed by atoms with van der Waals surface area (Å²) in [6.45, 7) is 0. The van der Waals surface area contributed by atoms with Crippen LogP contribution in [0.2, 0.25) is 5.02 Å². The third kappa shape index (κ3) is 2.61. The van der Waals surface area contributed by atoms with Crippen LogP contribution in [0.5, 0.6) is 5.75 Å². The van der Waals surface area contributed by atoms with Crippen molar-refractivity contribution in [3.8, 4) is 5.75 Å². The van der Waals surface area contributed by atoms with Gasteiger partial charge in [0.15, 0.2) is 0 Å². The summed E-state index contributed by atoms with van der Waals surface area (Å²) >= 11 is 5.64. The molecule has 0 aliphatic rings. The Hall–Kier alpha value is -1.26. The molecule has 0 heterocycles. The van der Waals surface area contributed by atoms with Crippen LogP contribution < -0.4 is 5.48 Å². The predicted octanol–water partition coefficient (Wildman–Crippen LogP) is 1.09. The maximum absolute atomic E-state index is 10.7. The summed E-state index contributed by atoms with van der Waals surface area (Å²) in [7, 11) is 0. The summed E-state index contributed by atoms with van der Waals surface area (Å²) in [6.07, 6.45) is -0.108. The Balaban J connectivity index is 2.87. The summed E-state index contributed by atoms with van der Waals surface area (Å²) < 4.78 is 0. The van der Waals surface area contributed by atoms with Crippen LogP contribution in [0.4, 0.5) is 0 Å². The topological polar surface area (TPSA) is 69.6 Å². The van der Waals surface area contributed by atoms with Crippen molar-refractivity contribution < 1.29 is 15.1 Å². The molecule has 1 aromatic rings. The first kappa shape index (κ1) is 9.83. The SMILES string of the molecule is O=C(Cc1cc(Cl)ccc1O)NO. The molecule has 0 saturated heterocycles. The number of halogens is 1. The number of phenolic OH excluding ortho intramolecular Hbond substituents is 1. The average molecular weight is 202 g/mol. The van der Waals surface area contributed by atoms with E-state index < -0.39 is 5.91 Å². The van der Waals surface area contributed by atoms with Gasteiger partial charge in [-0.05, 0) is 18.2 Å². The first-order valence-corrected chi connectivity index (χ1v) is 3.91. The number of benzene rings is 1. The minimum absolute atomic E-state index is 0.0204. The van der Waals surface area contributed by atoms with Gasteiger partial charge in [0.2, 0.25) is 5.91 Å². The monoisotopic (exact) mass is 201 g/mol. The Labute approximate surface area is 79.7 Å². The highest BCUT2D eigenvalue weighted by atomic mass is 35.5. The van der Waals surface area contributed by atoms with Gasteiger partial charge in [0.1, 0.15) is 5.75 Å². The van der Waals surface area contributed by atoms with E-state index in [1.165, 1.54) is 23.7 Å². The van der Waals surface area contributed by atoms with E-state index in [0.29, 0.717) is 10.6 Å². The van der Waals surface area contributed by atoms with Crippen molar-refractivity contribution in [2.24, 2.45) is 0 Å². The summed E-state index contributed by atoms with van der Waals surface area (Å²) in [5.41, 5.74) is 1.84. The Kier molecular flexibility index (Phi) is 3.11. The molecule has 0 aromatic heterocycles. The van der Waals surface area contributed by atoms with Crippen LogP contribution in [0.15, 0.2) is 18.2 Å². The van der Waals surface area contributed by atoms with Crippen LogP contribution in [-0.2, 0) is 11.2 Å². The molecular formula is C8H8ClNO3. The lowest BCUT2D eigenvalue weighted by Crippen LogP contribution is -2.20. The number of hydrogen-bond acceptors (Lipinski definition) is 3.